The van der Waals surface area contributed by atoms with E-state index in [4.69, 9.17) is 9.84 Å². The third-order valence-electron chi connectivity index (χ3n) is 4.84. The van der Waals surface area contributed by atoms with Crippen molar-refractivity contribution < 1.29 is 24.2 Å². The number of amides is 2. The Morgan fingerprint density at radius 2 is 1.73 bits per heavy atom. The fourth-order valence-electron chi connectivity index (χ4n) is 3.33. The zero-order chi connectivity index (χ0) is 19.4. The van der Waals surface area contributed by atoms with E-state index in [2.05, 4.69) is 0 Å². The lowest BCUT2D eigenvalue weighted by atomic mass is 10.0. The van der Waals surface area contributed by atoms with Crippen LogP contribution in [0.25, 0.3) is 0 Å². The Bertz CT molecular complexity index is 685. The molecule has 1 fully saturated rings. The second-order valence-corrected chi connectivity index (χ2v) is 6.77. The molecule has 2 rings (SSSR count). The summed E-state index contributed by atoms with van der Waals surface area (Å²) < 4.78 is 5.31. The van der Waals surface area contributed by atoms with Crippen molar-refractivity contribution in [2.24, 2.45) is 0 Å². The van der Waals surface area contributed by atoms with Gasteiger partial charge in [-0.05, 0) is 49.9 Å². The highest BCUT2D eigenvalue weighted by Gasteiger charge is 2.27. The first-order valence-electron chi connectivity index (χ1n) is 8.69. The number of carboxylic acids is 1. The van der Waals surface area contributed by atoms with Crippen molar-refractivity contribution in [3.05, 3.63) is 28.8 Å². The van der Waals surface area contributed by atoms with E-state index in [9.17, 15) is 14.4 Å². The Hall–Kier alpha value is -2.57. The Kier molecular flexibility index (Phi) is 6.23. The average molecular weight is 362 g/mol. The highest BCUT2D eigenvalue weighted by atomic mass is 16.5. The minimum Gasteiger partial charge on any atom is -0.481 e. The molecular formula is C19H26N2O5. The van der Waals surface area contributed by atoms with E-state index in [1.165, 1.54) is 0 Å². The van der Waals surface area contributed by atoms with Crippen molar-refractivity contribution in [2.45, 2.75) is 39.7 Å². The molecule has 7 heteroatoms. The van der Waals surface area contributed by atoms with Crippen LogP contribution in [-0.2, 0) is 9.59 Å². The molecule has 142 valence electrons. The zero-order valence-corrected chi connectivity index (χ0v) is 15.7. The summed E-state index contributed by atoms with van der Waals surface area (Å²) in [6.07, 6.45) is 1.53. The van der Waals surface area contributed by atoms with Gasteiger partial charge in [0.2, 0.25) is 5.91 Å². The van der Waals surface area contributed by atoms with Crippen LogP contribution in [-0.4, -0.2) is 65.5 Å². The van der Waals surface area contributed by atoms with E-state index in [1.807, 2.05) is 0 Å². The van der Waals surface area contributed by atoms with Crippen LogP contribution < -0.4 is 4.74 Å². The van der Waals surface area contributed by atoms with Gasteiger partial charge in [-0.25, -0.2) is 4.79 Å². The number of carbonyl (C=O) groups excluding carboxylic acids is 2. The molecular weight excluding hydrogens is 336 g/mol. The summed E-state index contributed by atoms with van der Waals surface area (Å²) in [5.74, 6) is -0.545. The molecule has 0 spiro atoms. The van der Waals surface area contributed by atoms with Gasteiger partial charge in [-0.1, -0.05) is 0 Å². The summed E-state index contributed by atoms with van der Waals surface area (Å²) in [5, 5.41) is 8.75. The Labute approximate surface area is 153 Å². The second-order valence-electron chi connectivity index (χ2n) is 6.77. The van der Waals surface area contributed by atoms with Gasteiger partial charge >= 0.3 is 5.97 Å². The molecule has 0 atom stereocenters. The molecule has 1 N–H and O–H groups in total. The molecule has 1 aromatic carbocycles. The molecule has 1 aliphatic heterocycles. The maximum atomic E-state index is 12.8. The van der Waals surface area contributed by atoms with Crippen molar-refractivity contribution >= 4 is 17.8 Å². The number of carboxylic acid groups (broad SMARTS) is 1. The predicted molar refractivity (Wildman–Crippen MR) is 96.4 cm³/mol. The first-order chi connectivity index (χ1) is 12.2. The molecule has 1 heterocycles. The smallest absolute Gasteiger partial charge is 0.341 e. The Morgan fingerprint density at radius 3 is 2.19 bits per heavy atom. The summed E-state index contributed by atoms with van der Waals surface area (Å²) in [5.41, 5.74) is 2.04. The lowest BCUT2D eigenvalue weighted by Crippen LogP contribution is -2.46. The lowest BCUT2D eigenvalue weighted by Gasteiger charge is -2.36. The molecule has 0 aliphatic carbocycles. The highest BCUT2D eigenvalue weighted by Crippen LogP contribution is 2.26. The van der Waals surface area contributed by atoms with E-state index in [1.54, 1.807) is 49.8 Å². The van der Waals surface area contributed by atoms with Gasteiger partial charge in [-0.15, -0.1) is 0 Å². The van der Waals surface area contributed by atoms with Gasteiger partial charge in [0.25, 0.3) is 5.91 Å². The largest absolute Gasteiger partial charge is 0.481 e. The van der Waals surface area contributed by atoms with Gasteiger partial charge in [-0.2, -0.15) is 0 Å². The zero-order valence-electron chi connectivity index (χ0n) is 15.7. The number of aliphatic carboxylic acids is 1. The van der Waals surface area contributed by atoms with Gasteiger partial charge in [-0.3, -0.25) is 9.59 Å². The molecule has 0 unspecified atom stereocenters. The third-order valence-corrected chi connectivity index (χ3v) is 4.84. The van der Waals surface area contributed by atoms with Gasteiger partial charge in [0, 0.05) is 38.7 Å². The van der Waals surface area contributed by atoms with Gasteiger partial charge in [0.15, 0.2) is 6.61 Å². The molecule has 0 bridgehead atoms. The van der Waals surface area contributed by atoms with Crippen LogP contribution in [0.4, 0.5) is 0 Å². The van der Waals surface area contributed by atoms with Gasteiger partial charge in [0.05, 0.1) is 0 Å². The molecule has 2 amide bonds. The summed E-state index contributed by atoms with van der Waals surface area (Å²) >= 11 is 0. The van der Waals surface area contributed by atoms with Crippen LogP contribution in [0.2, 0.25) is 0 Å². The number of hydrogen-bond donors (Lipinski definition) is 1. The van der Waals surface area contributed by atoms with Crippen molar-refractivity contribution in [1.29, 1.82) is 0 Å². The number of nitrogens with zero attached hydrogens (tertiary/aromatic N) is 2. The molecule has 26 heavy (non-hydrogen) atoms. The number of aryl methyl sites for hydroxylation is 2. The number of benzene rings is 1. The van der Waals surface area contributed by atoms with Crippen molar-refractivity contribution in [3.8, 4) is 5.75 Å². The number of piperidine rings is 1. The van der Waals surface area contributed by atoms with Crippen molar-refractivity contribution in [1.82, 2.24) is 9.80 Å². The average Bonchev–Trinajstić information content (AvgIpc) is 2.59. The summed E-state index contributed by atoms with van der Waals surface area (Å²) in [6.45, 7) is 5.96. The molecule has 0 radical (unpaired) electrons. The number of rotatable bonds is 5. The number of ether oxygens (including phenoxy) is 1. The SMILES string of the molecule is CC(=O)N(C)C1CCN(C(=O)c2cc(C)c(OCC(=O)O)c(C)c2)CC1. The van der Waals surface area contributed by atoms with Gasteiger partial charge in [0.1, 0.15) is 5.75 Å². The number of likely N-dealkylation sites (tertiary alicyclic amines) is 1. The predicted octanol–water partition coefficient (Wildman–Crippen LogP) is 1.85. The van der Waals surface area contributed by atoms with Crippen LogP contribution in [0, 0.1) is 13.8 Å². The van der Waals surface area contributed by atoms with Gasteiger partial charge < -0.3 is 19.6 Å². The Balaban J connectivity index is 2.06. The summed E-state index contributed by atoms with van der Waals surface area (Å²) in [4.78, 5) is 38.5. The molecule has 1 aliphatic rings. The topological polar surface area (TPSA) is 87.2 Å². The standard InChI is InChI=1S/C19H26N2O5/c1-12-9-15(10-13(2)18(12)26-11-17(23)24)19(25)21-7-5-16(6-8-21)20(4)14(3)22/h9-10,16H,5-8,11H2,1-4H3,(H,23,24). The quantitative estimate of drug-likeness (QED) is 0.864. The number of hydrogen-bond acceptors (Lipinski definition) is 4. The van der Waals surface area contributed by atoms with E-state index in [0.717, 1.165) is 24.0 Å². The second kappa shape index (κ2) is 8.21. The molecule has 1 aromatic rings. The lowest BCUT2D eigenvalue weighted by molar-refractivity contribution is -0.139. The molecule has 1 saturated heterocycles. The fraction of sp³-hybridized carbons (Fsp3) is 0.526. The highest BCUT2D eigenvalue weighted by molar-refractivity contribution is 5.95. The normalized spacial score (nSPS) is 14.8. The van der Waals surface area contributed by atoms with Crippen molar-refractivity contribution in [2.75, 3.05) is 26.7 Å². The van der Waals surface area contributed by atoms with E-state index in [0.29, 0.717) is 24.4 Å². The van der Waals surface area contributed by atoms with Crippen molar-refractivity contribution in [3.63, 3.8) is 0 Å². The molecule has 0 saturated carbocycles. The first-order valence-corrected chi connectivity index (χ1v) is 8.69. The third kappa shape index (κ3) is 4.53. The fourth-order valence-corrected chi connectivity index (χ4v) is 3.33. The van der Waals surface area contributed by atoms with E-state index < -0.39 is 12.6 Å². The summed E-state index contributed by atoms with van der Waals surface area (Å²) in [6, 6.07) is 3.65. The minimum absolute atomic E-state index is 0.0398. The molecule has 0 aromatic heterocycles. The van der Waals surface area contributed by atoms with Crippen LogP contribution in [0.3, 0.4) is 0 Å². The van der Waals surface area contributed by atoms with Crippen LogP contribution >= 0.6 is 0 Å². The van der Waals surface area contributed by atoms with Crippen LogP contribution in [0.5, 0.6) is 5.75 Å². The van der Waals surface area contributed by atoms with E-state index in [-0.39, 0.29) is 17.9 Å². The first kappa shape index (κ1) is 19.8. The summed E-state index contributed by atoms with van der Waals surface area (Å²) in [7, 11) is 1.80. The maximum absolute atomic E-state index is 12.8. The minimum atomic E-state index is -1.04. The van der Waals surface area contributed by atoms with Crippen LogP contribution in [0.15, 0.2) is 12.1 Å². The number of carbonyl (C=O) groups is 3. The van der Waals surface area contributed by atoms with Crippen LogP contribution in [0.1, 0.15) is 41.3 Å². The van der Waals surface area contributed by atoms with E-state index >= 15 is 0 Å². The Morgan fingerprint density at radius 1 is 1.19 bits per heavy atom. The molecule has 7 nitrogen and oxygen atoms in total. The monoisotopic (exact) mass is 362 g/mol. The maximum Gasteiger partial charge on any atom is 0.341 e.